The molecule has 1 N–H and O–H groups in total. The molecule has 7 heteroatoms. The van der Waals surface area contributed by atoms with Crippen molar-refractivity contribution in [3.63, 3.8) is 0 Å². The monoisotopic (exact) mass is 361 g/mol. The van der Waals surface area contributed by atoms with Gasteiger partial charge in [0, 0.05) is 44.7 Å². The molecule has 2 rings (SSSR count). The maximum atomic E-state index is 13.0. The summed E-state index contributed by atoms with van der Waals surface area (Å²) in [6, 6.07) is 5.00. The van der Waals surface area contributed by atoms with Crippen molar-refractivity contribution in [2.75, 3.05) is 38.6 Å². The van der Waals surface area contributed by atoms with E-state index in [4.69, 9.17) is 4.74 Å². The number of ether oxygens (including phenoxy) is 1. The summed E-state index contributed by atoms with van der Waals surface area (Å²) in [6.07, 6.45) is 0.734. The Balaban J connectivity index is 2.17. The number of rotatable bonds is 4. The number of benzene rings is 1. The summed E-state index contributed by atoms with van der Waals surface area (Å²) in [5.74, 6) is 0.166. The van der Waals surface area contributed by atoms with E-state index < -0.39 is 0 Å². The highest BCUT2D eigenvalue weighted by atomic mass is 16.5. The first kappa shape index (κ1) is 19.8. The number of hydrogen-bond donors (Lipinski definition) is 1. The summed E-state index contributed by atoms with van der Waals surface area (Å²) >= 11 is 0. The highest BCUT2D eigenvalue weighted by Gasteiger charge is 2.25. The number of carbonyl (C=O) groups excluding carboxylic acids is 3. The molecule has 0 atom stereocenters. The Labute approximate surface area is 154 Å². The predicted octanol–water partition coefficient (Wildman–Crippen LogP) is 1.98. The third-order valence-corrected chi connectivity index (χ3v) is 4.34. The summed E-state index contributed by atoms with van der Waals surface area (Å²) in [4.78, 5) is 40.1. The van der Waals surface area contributed by atoms with Crippen molar-refractivity contribution in [1.29, 1.82) is 0 Å². The van der Waals surface area contributed by atoms with Crippen molar-refractivity contribution >= 4 is 23.4 Å². The number of nitrogens with one attached hydrogen (secondary N) is 1. The molecule has 0 bridgehead atoms. The lowest BCUT2D eigenvalue weighted by atomic mass is 10.1. The van der Waals surface area contributed by atoms with Gasteiger partial charge in [-0.3, -0.25) is 14.4 Å². The molecule has 7 nitrogen and oxygen atoms in total. The van der Waals surface area contributed by atoms with E-state index in [-0.39, 0.29) is 23.6 Å². The topological polar surface area (TPSA) is 79.0 Å². The molecule has 1 aromatic rings. The van der Waals surface area contributed by atoms with Gasteiger partial charge >= 0.3 is 0 Å². The molecule has 1 aliphatic heterocycles. The van der Waals surface area contributed by atoms with E-state index in [0.29, 0.717) is 43.2 Å². The second-order valence-corrected chi connectivity index (χ2v) is 6.72. The fourth-order valence-corrected chi connectivity index (χ4v) is 3.03. The van der Waals surface area contributed by atoms with Gasteiger partial charge in [0.1, 0.15) is 5.75 Å². The van der Waals surface area contributed by atoms with Crippen molar-refractivity contribution in [3.8, 4) is 5.75 Å². The van der Waals surface area contributed by atoms with Crippen molar-refractivity contribution in [2.45, 2.75) is 27.2 Å². The molecular weight excluding hydrogens is 334 g/mol. The van der Waals surface area contributed by atoms with Crippen LogP contribution in [0.1, 0.15) is 37.6 Å². The molecule has 0 aliphatic carbocycles. The average Bonchev–Trinajstić information content (AvgIpc) is 2.85. The number of nitrogens with zero attached hydrogens (tertiary/aromatic N) is 2. The van der Waals surface area contributed by atoms with Crippen LogP contribution in [0.4, 0.5) is 5.69 Å². The molecule has 0 saturated carbocycles. The van der Waals surface area contributed by atoms with Gasteiger partial charge in [0.25, 0.3) is 5.91 Å². The average molecular weight is 361 g/mol. The fraction of sp³-hybridized carbons (Fsp3) is 0.526. The second-order valence-electron chi connectivity index (χ2n) is 6.72. The number of methoxy groups -OCH3 is 1. The van der Waals surface area contributed by atoms with E-state index in [2.05, 4.69) is 5.32 Å². The smallest absolute Gasteiger partial charge is 0.257 e. The van der Waals surface area contributed by atoms with E-state index in [9.17, 15) is 14.4 Å². The van der Waals surface area contributed by atoms with Crippen LogP contribution in [0.3, 0.4) is 0 Å². The molecule has 1 heterocycles. The van der Waals surface area contributed by atoms with Crippen LogP contribution in [-0.4, -0.2) is 60.8 Å². The second kappa shape index (κ2) is 8.69. The van der Waals surface area contributed by atoms with Gasteiger partial charge in [-0.25, -0.2) is 0 Å². The van der Waals surface area contributed by atoms with Gasteiger partial charge < -0.3 is 19.9 Å². The van der Waals surface area contributed by atoms with E-state index in [1.807, 2.05) is 18.7 Å². The third kappa shape index (κ3) is 4.74. The number of anilines is 1. The van der Waals surface area contributed by atoms with Crippen LogP contribution >= 0.6 is 0 Å². The van der Waals surface area contributed by atoms with Gasteiger partial charge in [-0.2, -0.15) is 0 Å². The number of hydrogen-bond acceptors (Lipinski definition) is 4. The Morgan fingerprint density at radius 2 is 1.73 bits per heavy atom. The first-order chi connectivity index (χ1) is 12.3. The van der Waals surface area contributed by atoms with Crippen LogP contribution in [0.25, 0.3) is 0 Å². The molecule has 1 fully saturated rings. The van der Waals surface area contributed by atoms with E-state index in [1.54, 1.807) is 23.1 Å². The quantitative estimate of drug-likeness (QED) is 0.889. The zero-order chi connectivity index (χ0) is 19.3. The van der Waals surface area contributed by atoms with Crippen LogP contribution in [0.15, 0.2) is 18.2 Å². The Morgan fingerprint density at radius 1 is 1.08 bits per heavy atom. The summed E-state index contributed by atoms with van der Waals surface area (Å²) in [6.45, 7) is 7.42. The van der Waals surface area contributed by atoms with Crippen LogP contribution in [0.5, 0.6) is 5.75 Å². The SMILES string of the molecule is COc1ccc(NC(C)=O)cc1C(=O)N1CCCN(C(=O)C(C)C)CC1. The number of amides is 3. The zero-order valence-corrected chi connectivity index (χ0v) is 15.9. The van der Waals surface area contributed by atoms with Crippen molar-refractivity contribution in [2.24, 2.45) is 5.92 Å². The molecule has 0 aromatic heterocycles. The fourth-order valence-electron chi connectivity index (χ4n) is 3.03. The van der Waals surface area contributed by atoms with E-state index in [0.717, 1.165) is 6.42 Å². The van der Waals surface area contributed by atoms with E-state index in [1.165, 1.54) is 14.0 Å². The molecule has 0 spiro atoms. The molecule has 1 saturated heterocycles. The molecule has 3 amide bonds. The lowest BCUT2D eigenvalue weighted by molar-refractivity contribution is -0.134. The summed E-state index contributed by atoms with van der Waals surface area (Å²) in [7, 11) is 1.51. The van der Waals surface area contributed by atoms with Gasteiger partial charge in [0.2, 0.25) is 11.8 Å². The standard InChI is InChI=1S/C19H27N3O4/c1-13(2)18(24)21-8-5-9-22(11-10-21)19(25)16-12-15(20-14(3)23)6-7-17(16)26-4/h6-7,12-13H,5,8-11H2,1-4H3,(H,20,23). The van der Waals surface area contributed by atoms with Crippen LogP contribution < -0.4 is 10.1 Å². The maximum Gasteiger partial charge on any atom is 0.257 e. The van der Waals surface area contributed by atoms with Gasteiger partial charge in [-0.05, 0) is 24.6 Å². The van der Waals surface area contributed by atoms with E-state index >= 15 is 0 Å². The lowest BCUT2D eigenvalue weighted by Crippen LogP contribution is -2.39. The zero-order valence-electron chi connectivity index (χ0n) is 15.9. The largest absolute Gasteiger partial charge is 0.496 e. The summed E-state index contributed by atoms with van der Waals surface area (Å²) < 4.78 is 5.31. The van der Waals surface area contributed by atoms with Crippen molar-refractivity contribution in [1.82, 2.24) is 9.80 Å². The Hall–Kier alpha value is -2.57. The Morgan fingerprint density at radius 3 is 2.35 bits per heavy atom. The minimum atomic E-state index is -0.203. The van der Waals surface area contributed by atoms with Crippen LogP contribution in [0.2, 0.25) is 0 Å². The minimum absolute atomic E-state index is 0.0494. The van der Waals surface area contributed by atoms with Crippen molar-refractivity contribution < 1.29 is 19.1 Å². The molecule has 0 unspecified atom stereocenters. The Kier molecular flexibility index (Phi) is 6.60. The molecule has 26 heavy (non-hydrogen) atoms. The molecule has 0 radical (unpaired) electrons. The molecule has 142 valence electrons. The minimum Gasteiger partial charge on any atom is -0.496 e. The normalized spacial score (nSPS) is 14.8. The molecule has 1 aliphatic rings. The van der Waals surface area contributed by atoms with Gasteiger partial charge in [0.05, 0.1) is 12.7 Å². The van der Waals surface area contributed by atoms with Gasteiger partial charge in [-0.15, -0.1) is 0 Å². The van der Waals surface area contributed by atoms with Crippen molar-refractivity contribution in [3.05, 3.63) is 23.8 Å². The van der Waals surface area contributed by atoms with Crippen LogP contribution in [0, 0.1) is 5.92 Å². The highest BCUT2D eigenvalue weighted by Crippen LogP contribution is 2.25. The predicted molar refractivity (Wildman–Crippen MR) is 99.2 cm³/mol. The lowest BCUT2D eigenvalue weighted by Gasteiger charge is -2.24. The maximum absolute atomic E-state index is 13.0. The first-order valence-corrected chi connectivity index (χ1v) is 8.87. The highest BCUT2D eigenvalue weighted by molar-refractivity contribution is 5.99. The third-order valence-electron chi connectivity index (χ3n) is 4.34. The molecule has 1 aromatic carbocycles. The molecular formula is C19H27N3O4. The summed E-state index contributed by atoms with van der Waals surface area (Å²) in [5.41, 5.74) is 0.954. The van der Waals surface area contributed by atoms with Gasteiger partial charge in [-0.1, -0.05) is 13.8 Å². The van der Waals surface area contributed by atoms with Crippen LogP contribution in [-0.2, 0) is 9.59 Å². The Bertz CT molecular complexity index is 687. The summed E-state index contributed by atoms with van der Waals surface area (Å²) in [5, 5.41) is 2.68. The number of carbonyl (C=O) groups is 3. The first-order valence-electron chi connectivity index (χ1n) is 8.87. The van der Waals surface area contributed by atoms with Gasteiger partial charge in [0.15, 0.2) is 0 Å².